The van der Waals surface area contributed by atoms with Gasteiger partial charge in [-0.1, -0.05) is 55.5 Å². The number of aliphatic hydroxyl groups is 1. The normalized spacial score (nSPS) is 21.0. The molecule has 0 bridgehead atoms. The minimum atomic E-state index is -0.963. The van der Waals surface area contributed by atoms with E-state index in [1.165, 1.54) is 11.8 Å². The highest BCUT2D eigenvalue weighted by atomic mass is 32.2. The Balaban J connectivity index is 1.57. The van der Waals surface area contributed by atoms with Crippen LogP contribution in [0, 0.1) is 5.92 Å². The third-order valence-electron chi connectivity index (χ3n) is 6.42. The van der Waals surface area contributed by atoms with E-state index in [1.807, 2.05) is 49.4 Å². The van der Waals surface area contributed by atoms with Crippen LogP contribution < -0.4 is 10.6 Å². The number of hydrogen-bond acceptors (Lipinski definition) is 6. The van der Waals surface area contributed by atoms with E-state index < -0.39 is 12.3 Å². The molecule has 2 amide bonds. The lowest BCUT2D eigenvalue weighted by Crippen LogP contribution is -2.38. The van der Waals surface area contributed by atoms with Crippen LogP contribution in [0.25, 0.3) is 0 Å². The molecule has 1 saturated heterocycles. The predicted octanol–water partition coefficient (Wildman–Crippen LogP) is 5.60. The van der Waals surface area contributed by atoms with Crippen molar-refractivity contribution in [3.8, 4) is 0 Å². The molecule has 1 aliphatic heterocycles. The van der Waals surface area contributed by atoms with Gasteiger partial charge in [0.25, 0.3) is 0 Å². The molecule has 8 nitrogen and oxygen atoms in total. The van der Waals surface area contributed by atoms with Crippen molar-refractivity contribution >= 4 is 29.4 Å². The zero-order chi connectivity index (χ0) is 27.1. The number of aromatic carboxylic acids is 1. The van der Waals surface area contributed by atoms with Gasteiger partial charge in [0.1, 0.15) is 0 Å². The van der Waals surface area contributed by atoms with Gasteiger partial charge in [-0.15, -0.1) is 11.8 Å². The largest absolute Gasteiger partial charge is 0.478 e. The number of carbonyl (C=O) groups is 2. The minimum absolute atomic E-state index is 0.0330. The van der Waals surface area contributed by atoms with Crippen LogP contribution in [0.1, 0.15) is 53.3 Å². The van der Waals surface area contributed by atoms with Gasteiger partial charge in [0.2, 0.25) is 0 Å². The second-order valence-corrected chi connectivity index (χ2v) is 10.1. The van der Waals surface area contributed by atoms with E-state index >= 15 is 0 Å². The summed E-state index contributed by atoms with van der Waals surface area (Å²) in [6, 6.07) is 21.7. The van der Waals surface area contributed by atoms with Crippen LogP contribution in [-0.2, 0) is 16.1 Å². The number of carbonyl (C=O) groups excluding carboxylic acids is 1. The number of benzene rings is 3. The summed E-state index contributed by atoms with van der Waals surface area (Å²) in [6.07, 6.45) is -1.18. The molecule has 0 radical (unpaired) electrons. The number of carboxylic acid groups (broad SMARTS) is 1. The summed E-state index contributed by atoms with van der Waals surface area (Å²) in [6.45, 7) is 4.41. The van der Waals surface area contributed by atoms with Gasteiger partial charge < -0.3 is 30.3 Å². The molecular weight excluding hydrogens is 504 g/mol. The van der Waals surface area contributed by atoms with E-state index in [9.17, 15) is 19.8 Å². The Morgan fingerprint density at radius 2 is 1.63 bits per heavy atom. The second kappa shape index (κ2) is 12.9. The number of nitrogens with one attached hydrogen (secondary N) is 2. The highest BCUT2D eigenvalue weighted by Gasteiger charge is 2.38. The van der Waals surface area contributed by atoms with E-state index in [0.717, 1.165) is 16.7 Å². The maximum Gasteiger partial charge on any atom is 0.336 e. The fraction of sp³-hybridized carbons (Fsp3) is 0.310. The van der Waals surface area contributed by atoms with Crippen molar-refractivity contribution in [2.45, 2.75) is 43.8 Å². The smallest absolute Gasteiger partial charge is 0.336 e. The van der Waals surface area contributed by atoms with Crippen LogP contribution in [0.4, 0.5) is 10.5 Å². The van der Waals surface area contributed by atoms with Crippen molar-refractivity contribution in [1.29, 1.82) is 0 Å². The van der Waals surface area contributed by atoms with Crippen LogP contribution in [0.15, 0.2) is 77.7 Å². The lowest BCUT2D eigenvalue weighted by atomic mass is 9.91. The van der Waals surface area contributed by atoms with Crippen molar-refractivity contribution in [2.75, 3.05) is 17.6 Å². The average molecular weight is 537 g/mol. The van der Waals surface area contributed by atoms with Gasteiger partial charge in [-0.25, -0.2) is 9.59 Å². The molecule has 4 N–H and O–H groups in total. The van der Waals surface area contributed by atoms with Gasteiger partial charge in [0.15, 0.2) is 6.29 Å². The molecule has 4 rings (SSSR count). The van der Waals surface area contributed by atoms with Crippen molar-refractivity contribution in [1.82, 2.24) is 5.32 Å². The Morgan fingerprint density at radius 1 is 0.947 bits per heavy atom. The van der Waals surface area contributed by atoms with Crippen LogP contribution in [0.2, 0.25) is 0 Å². The van der Waals surface area contributed by atoms with E-state index in [-0.39, 0.29) is 36.3 Å². The molecule has 4 atom stereocenters. The van der Waals surface area contributed by atoms with Gasteiger partial charge in [0, 0.05) is 34.4 Å². The summed E-state index contributed by atoms with van der Waals surface area (Å²) in [7, 11) is 0. The summed E-state index contributed by atoms with van der Waals surface area (Å²) in [4.78, 5) is 24.2. The quantitative estimate of drug-likeness (QED) is 0.263. The van der Waals surface area contributed by atoms with Crippen LogP contribution >= 0.6 is 11.8 Å². The van der Waals surface area contributed by atoms with Gasteiger partial charge in [-0.2, -0.15) is 0 Å². The first-order valence-electron chi connectivity index (χ1n) is 12.5. The Hall–Kier alpha value is -3.37. The molecule has 3 aromatic carbocycles. The highest BCUT2D eigenvalue weighted by molar-refractivity contribution is 7.99. The fourth-order valence-electron chi connectivity index (χ4n) is 4.31. The number of aliphatic hydroxyl groups excluding tert-OH is 1. The number of ether oxygens (including phenoxy) is 2. The standard InChI is InChI=1S/C29H32N2O6S/c1-3-30-29(35)31-22-14-12-21(13-15-22)28-36-24(17-38-25-7-5-4-6-23(25)27(33)34)18(2)26(37-28)20-10-8-19(16-32)9-11-20/h4-15,18,24,26,28,32H,3,16-17H2,1-2H3,(H,33,34)(H2,30,31,35)/t18-,24+,26+,28+/m0/s1. The molecule has 0 saturated carbocycles. The van der Waals surface area contributed by atoms with Crippen molar-refractivity contribution in [3.63, 3.8) is 0 Å². The zero-order valence-corrected chi connectivity index (χ0v) is 22.1. The number of hydrogen-bond donors (Lipinski definition) is 4. The first-order valence-corrected chi connectivity index (χ1v) is 13.5. The Kier molecular flexibility index (Phi) is 9.41. The van der Waals surface area contributed by atoms with E-state index in [2.05, 4.69) is 17.6 Å². The molecule has 200 valence electrons. The van der Waals surface area contributed by atoms with Crippen LogP contribution in [-0.4, -0.2) is 40.6 Å². The zero-order valence-electron chi connectivity index (χ0n) is 21.3. The highest BCUT2D eigenvalue weighted by Crippen LogP contribution is 2.43. The summed E-state index contributed by atoms with van der Waals surface area (Å²) < 4.78 is 12.9. The summed E-state index contributed by atoms with van der Waals surface area (Å²) >= 11 is 1.45. The van der Waals surface area contributed by atoms with Gasteiger partial charge in [-0.05, 0) is 42.3 Å². The van der Waals surface area contributed by atoms with Gasteiger partial charge in [0.05, 0.1) is 24.4 Å². The minimum Gasteiger partial charge on any atom is -0.478 e. The van der Waals surface area contributed by atoms with Crippen molar-refractivity contribution < 1.29 is 29.3 Å². The number of urea groups is 1. The Morgan fingerprint density at radius 3 is 2.29 bits per heavy atom. The lowest BCUT2D eigenvalue weighted by Gasteiger charge is -2.41. The number of carboxylic acids is 1. The molecule has 1 heterocycles. The molecule has 9 heteroatoms. The molecular formula is C29H32N2O6S. The molecule has 0 unspecified atom stereocenters. The maximum atomic E-state index is 11.9. The Bertz CT molecular complexity index is 1230. The van der Waals surface area contributed by atoms with Crippen molar-refractivity contribution in [2.24, 2.45) is 5.92 Å². The number of rotatable bonds is 9. The van der Waals surface area contributed by atoms with Crippen LogP contribution in [0.3, 0.4) is 0 Å². The third-order valence-corrected chi connectivity index (χ3v) is 7.58. The monoisotopic (exact) mass is 536 g/mol. The number of amides is 2. The summed E-state index contributed by atoms with van der Waals surface area (Å²) in [5.41, 5.74) is 3.50. The summed E-state index contributed by atoms with van der Waals surface area (Å²) in [5, 5.41) is 24.5. The third kappa shape index (κ3) is 6.73. The Labute approximate surface area is 226 Å². The maximum absolute atomic E-state index is 11.9. The first kappa shape index (κ1) is 27.7. The average Bonchev–Trinajstić information content (AvgIpc) is 2.93. The summed E-state index contributed by atoms with van der Waals surface area (Å²) in [5.74, 6) is -0.461. The SMILES string of the molecule is CCNC(=O)Nc1ccc([C@@H]2O[C@H](CSc3ccccc3C(=O)O)[C@H](C)[C@H](c3ccc(CO)cc3)O2)cc1. The van der Waals surface area contributed by atoms with E-state index in [0.29, 0.717) is 22.9 Å². The van der Waals surface area contributed by atoms with E-state index in [4.69, 9.17) is 9.47 Å². The molecule has 38 heavy (non-hydrogen) atoms. The lowest BCUT2D eigenvalue weighted by molar-refractivity contribution is -0.268. The molecule has 1 aliphatic rings. The molecule has 0 aliphatic carbocycles. The topological polar surface area (TPSA) is 117 Å². The van der Waals surface area contributed by atoms with Crippen LogP contribution in [0.5, 0.6) is 0 Å². The van der Waals surface area contributed by atoms with Crippen molar-refractivity contribution in [3.05, 3.63) is 95.1 Å². The van der Waals surface area contributed by atoms with E-state index in [1.54, 1.807) is 30.3 Å². The fourth-order valence-corrected chi connectivity index (χ4v) is 5.52. The first-order chi connectivity index (χ1) is 18.4. The molecule has 0 aromatic heterocycles. The predicted molar refractivity (Wildman–Crippen MR) is 146 cm³/mol. The van der Waals surface area contributed by atoms with Gasteiger partial charge in [-0.3, -0.25) is 0 Å². The number of thioether (sulfide) groups is 1. The molecule has 0 spiro atoms. The molecule has 1 fully saturated rings. The molecule has 3 aromatic rings. The second-order valence-electron chi connectivity index (χ2n) is 9.04. The van der Waals surface area contributed by atoms with Gasteiger partial charge >= 0.3 is 12.0 Å². The number of anilines is 1.